The van der Waals surface area contributed by atoms with Crippen LogP contribution in [0.3, 0.4) is 0 Å². The Morgan fingerprint density at radius 2 is 1.89 bits per heavy atom. The number of nitro benzene ring substituents is 1. The fourth-order valence-electron chi connectivity index (χ4n) is 2.98. The zero-order chi connectivity index (χ0) is 18.8. The highest BCUT2D eigenvalue weighted by Crippen LogP contribution is 2.36. The van der Waals surface area contributed by atoms with Crippen LogP contribution in [0.1, 0.15) is 17.4 Å². The van der Waals surface area contributed by atoms with Gasteiger partial charge >= 0.3 is 0 Å². The molecule has 0 saturated heterocycles. The lowest BCUT2D eigenvalue weighted by atomic mass is 10.0. The molecule has 0 bridgehead atoms. The fraction of sp³-hybridized carbons (Fsp3) is 0.0500. The number of phenolic OH excluding ortho intramolecular Hbond substituents is 1. The third kappa shape index (κ3) is 3.18. The van der Waals surface area contributed by atoms with Crippen molar-refractivity contribution in [2.45, 2.75) is 6.04 Å². The third-order valence-electron chi connectivity index (χ3n) is 4.31. The molecule has 2 N–H and O–H groups in total. The number of phenols is 1. The molecule has 4 aromatic rings. The van der Waals surface area contributed by atoms with Crippen LogP contribution in [0.15, 0.2) is 77.5 Å². The van der Waals surface area contributed by atoms with Crippen molar-refractivity contribution >= 4 is 22.3 Å². The van der Waals surface area contributed by atoms with E-state index < -0.39 is 11.0 Å². The molecule has 0 aliphatic carbocycles. The monoisotopic (exact) mass is 361 g/mol. The SMILES string of the molecule is O=[N+]([O-])c1ccc(NC(c2ccco2)c2ccc3cccnc3c2O)cc1. The summed E-state index contributed by atoms with van der Waals surface area (Å²) < 4.78 is 5.55. The number of pyridine rings is 1. The van der Waals surface area contributed by atoms with Crippen molar-refractivity contribution in [3.8, 4) is 5.75 Å². The first-order valence-electron chi connectivity index (χ1n) is 8.24. The molecule has 0 radical (unpaired) electrons. The van der Waals surface area contributed by atoms with Gasteiger partial charge in [0, 0.05) is 35.0 Å². The summed E-state index contributed by atoms with van der Waals surface area (Å²) in [7, 11) is 0. The minimum atomic E-state index is -0.493. The Morgan fingerprint density at radius 1 is 1.07 bits per heavy atom. The average molecular weight is 361 g/mol. The lowest BCUT2D eigenvalue weighted by molar-refractivity contribution is -0.384. The largest absolute Gasteiger partial charge is 0.505 e. The molecular weight excluding hydrogens is 346 g/mol. The Bertz CT molecular complexity index is 1090. The molecule has 4 rings (SSSR count). The highest BCUT2D eigenvalue weighted by Gasteiger charge is 2.22. The van der Waals surface area contributed by atoms with Crippen LogP contribution in [-0.4, -0.2) is 15.0 Å². The zero-order valence-corrected chi connectivity index (χ0v) is 14.1. The van der Waals surface area contributed by atoms with Gasteiger partial charge in [0.05, 0.1) is 11.2 Å². The van der Waals surface area contributed by atoms with Crippen LogP contribution in [0.25, 0.3) is 10.9 Å². The number of fused-ring (bicyclic) bond motifs is 1. The summed E-state index contributed by atoms with van der Waals surface area (Å²) in [6, 6.07) is 16.5. The number of nitrogens with one attached hydrogen (secondary N) is 1. The summed E-state index contributed by atoms with van der Waals surface area (Å²) in [5, 5.41) is 25.7. The van der Waals surface area contributed by atoms with E-state index in [-0.39, 0.29) is 11.4 Å². The van der Waals surface area contributed by atoms with Crippen LogP contribution in [-0.2, 0) is 0 Å². The van der Waals surface area contributed by atoms with Gasteiger partial charge in [-0.05, 0) is 30.3 Å². The van der Waals surface area contributed by atoms with E-state index in [1.165, 1.54) is 12.1 Å². The predicted molar refractivity (Wildman–Crippen MR) is 101 cm³/mol. The van der Waals surface area contributed by atoms with Crippen molar-refractivity contribution in [2.24, 2.45) is 0 Å². The van der Waals surface area contributed by atoms with Crippen LogP contribution in [0.4, 0.5) is 11.4 Å². The number of aromatic nitrogens is 1. The molecule has 0 aliphatic heterocycles. The number of aromatic hydroxyl groups is 1. The molecule has 2 aromatic carbocycles. The number of anilines is 1. The minimum Gasteiger partial charge on any atom is -0.505 e. The first-order valence-corrected chi connectivity index (χ1v) is 8.24. The van der Waals surface area contributed by atoms with Gasteiger partial charge in [0.15, 0.2) is 0 Å². The second kappa shape index (κ2) is 6.80. The zero-order valence-electron chi connectivity index (χ0n) is 14.1. The van der Waals surface area contributed by atoms with Crippen LogP contribution < -0.4 is 5.32 Å². The average Bonchev–Trinajstić information content (AvgIpc) is 3.22. The van der Waals surface area contributed by atoms with Crippen LogP contribution in [0.2, 0.25) is 0 Å². The Hall–Kier alpha value is -3.87. The first-order chi connectivity index (χ1) is 13.1. The van der Waals surface area contributed by atoms with Crippen molar-refractivity contribution in [1.82, 2.24) is 4.98 Å². The number of rotatable bonds is 5. The van der Waals surface area contributed by atoms with Crippen LogP contribution >= 0.6 is 0 Å². The van der Waals surface area contributed by atoms with Gasteiger partial charge in [-0.1, -0.05) is 18.2 Å². The topological polar surface area (TPSA) is 101 Å². The molecule has 0 aliphatic rings. The number of furan rings is 1. The number of nitro groups is 1. The van der Waals surface area contributed by atoms with Gasteiger partial charge in [-0.2, -0.15) is 0 Å². The summed E-state index contributed by atoms with van der Waals surface area (Å²) >= 11 is 0. The minimum absolute atomic E-state index is 0.00727. The Morgan fingerprint density at radius 3 is 2.59 bits per heavy atom. The van der Waals surface area contributed by atoms with Crippen molar-refractivity contribution in [3.63, 3.8) is 0 Å². The summed E-state index contributed by atoms with van der Waals surface area (Å²) in [5.74, 6) is 0.655. The molecule has 0 spiro atoms. The lowest BCUT2D eigenvalue weighted by Crippen LogP contribution is -2.12. The van der Waals surface area contributed by atoms with Gasteiger partial charge < -0.3 is 14.8 Å². The summed E-state index contributed by atoms with van der Waals surface area (Å²) in [6.07, 6.45) is 3.17. The normalized spacial score (nSPS) is 12.0. The molecule has 1 unspecified atom stereocenters. The Kier molecular flexibility index (Phi) is 4.18. The smallest absolute Gasteiger partial charge is 0.269 e. The van der Waals surface area contributed by atoms with Crippen molar-refractivity contribution in [3.05, 3.63) is 94.6 Å². The number of nitrogens with zero attached hydrogens (tertiary/aromatic N) is 2. The number of hydrogen-bond acceptors (Lipinski definition) is 6. The number of benzene rings is 2. The van der Waals surface area contributed by atoms with Gasteiger partial charge in [0.2, 0.25) is 0 Å². The maximum atomic E-state index is 10.8. The van der Waals surface area contributed by atoms with Crippen LogP contribution in [0.5, 0.6) is 5.75 Å². The van der Waals surface area contributed by atoms with Gasteiger partial charge in [-0.25, -0.2) is 0 Å². The van der Waals surface area contributed by atoms with E-state index in [0.717, 1.165) is 5.39 Å². The molecule has 7 nitrogen and oxygen atoms in total. The summed E-state index contributed by atoms with van der Waals surface area (Å²) in [5.41, 5.74) is 1.75. The molecule has 7 heteroatoms. The van der Waals surface area contributed by atoms with E-state index in [2.05, 4.69) is 10.3 Å². The molecular formula is C20H15N3O4. The summed E-state index contributed by atoms with van der Waals surface area (Å²) in [4.78, 5) is 14.7. The maximum absolute atomic E-state index is 10.8. The van der Waals surface area contributed by atoms with E-state index in [1.807, 2.05) is 18.2 Å². The van der Waals surface area contributed by atoms with Crippen molar-refractivity contribution in [2.75, 3.05) is 5.32 Å². The summed E-state index contributed by atoms with van der Waals surface area (Å²) in [6.45, 7) is 0. The van der Waals surface area contributed by atoms with Crippen LogP contribution in [0, 0.1) is 10.1 Å². The fourth-order valence-corrected chi connectivity index (χ4v) is 2.98. The van der Waals surface area contributed by atoms with Gasteiger partial charge in [-0.3, -0.25) is 15.1 Å². The highest BCUT2D eigenvalue weighted by molar-refractivity contribution is 5.85. The molecule has 2 aromatic heterocycles. The molecule has 0 saturated carbocycles. The third-order valence-corrected chi connectivity index (χ3v) is 4.31. The number of hydrogen-bond donors (Lipinski definition) is 2. The quantitative estimate of drug-likeness (QED) is 0.396. The number of non-ortho nitro benzene ring substituents is 1. The second-order valence-corrected chi connectivity index (χ2v) is 5.98. The maximum Gasteiger partial charge on any atom is 0.269 e. The van der Waals surface area contributed by atoms with Crippen molar-refractivity contribution < 1.29 is 14.4 Å². The van der Waals surface area contributed by atoms with E-state index in [4.69, 9.17) is 4.42 Å². The standard InChI is InChI=1S/C20H15N3O4/c24-20-16(10-5-13-3-1-11-21-18(13)20)19(17-4-2-12-27-17)22-14-6-8-15(9-7-14)23(25)26/h1-12,19,22,24H. The van der Waals surface area contributed by atoms with Gasteiger partial charge in [0.1, 0.15) is 23.1 Å². The van der Waals surface area contributed by atoms with E-state index in [1.54, 1.807) is 42.8 Å². The van der Waals surface area contributed by atoms with Crippen molar-refractivity contribution in [1.29, 1.82) is 0 Å². The van der Waals surface area contributed by atoms with E-state index in [0.29, 0.717) is 22.5 Å². The second-order valence-electron chi connectivity index (χ2n) is 5.98. The lowest BCUT2D eigenvalue weighted by Gasteiger charge is -2.20. The molecule has 0 fully saturated rings. The Balaban J connectivity index is 1.76. The van der Waals surface area contributed by atoms with E-state index >= 15 is 0 Å². The molecule has 0 amide bonds. The first kappa shape index (κ1) is 16.6. The molecule has 27 heavy (non-hydrogen) atoms. The van der Waals surface area contributed by atoms with Gasteiger partial charge in [0.25, 0.3) is 5.69 Å². The Labute approximate surface area is 154 Å². The van der Waals surface area contributed by atoms with E-state index in [9.17, 15) is 15.2 Å². The van der Waals surface area contributed by atoms with Gasteiger partial charge in [-0.15, -0.1) is 0 Å². The predicted octanol–water partition coefficient (Wildman–Crippen LogP) is 4.64. The highest BCUT2D eigenvalue weighted by atomic mass is 16.6. The molecule has 2 heterocycles. The molecule has 134 valence electrons. The molecule has 1 atom stereocenters.